The van der Waals surface area contributed by atoms with E-state index in [-0.39, 0.29) is 27.5 Å². The molecule has 9 nitrogen and oxygen atoms in total. The number of hydrogen-bond donors (Lipinski definition) is 0. The molecule has 13 heteroatoms. The summed E-state index contributed by atoms with van der Waals surface area (Å²) in [6.45, 7) is 1.33. The molecule has 0 amide bonds. The number of halogens is 3. The van der Waals surface area contributed by atoms with Gasteiger partial charge < -0.3 is 0 Å². The minimum absolute atomic E-state index is 0.0901. The van der Waals surface area contributed by atoms with Crippen molar-refractivity contribution in [2.45, 2.75) is 18.0 Å². The Morgan fingerprint density at radius 1 is 1.03 bits per heavy atom. The van der Waals surface area contributed by atoms with Crippen LogP contribution >= 0.6 is 0 Å². The Balaban J connectivity index is 2.12. The zero-order chi connectivity index (χ0) is 27.3. The molecule has 0 aliphatic heterocycles. The highest BCUT2D eigenvalue weighted by Crippen LogP contribution is 2.32. The maximum atomic E-state index is 13.4. The molecule has 4 rings (SSSR count). The van der Waals surface area contributed by atoms with Crippen LogP contribution in [0.5, 0.6) is 0 Å². The van der Waals surface area contributed by atoms with Gasteiger partial charge in [0.15, 0.2) is 9.84 Å². The predicted molar refractivity (Wildman–Crippen MR) is 127 cm³/mol. The van der Waals surface area contributed by atoms with E-state index in [0.29, 0.717) is 15.8 Å². The largest absolute Gasteiger partial charge is 0.416 e. The first-order chi connectivity index (χ1) is 17.3. The second kappa shape index (κ2) is 8.90. The SMILES string of the molecule is Cc1c(-c2c(S(C)(=O)=O)cnn2-c2ccc(C#N)cc2)c(=O)n(C)c(=O)n1-c1cccc(C(F)(F)F)c1. The Kier molecular flexibility index (Phi) is 6.17. The van der Waals surface area contributed by atoms with E-state index in [1.807, 2.05) is 6.07 Å². The van der Waals surface area contributed by atoms with E-state index in [2.05, 4.69) is 5.10 Å². The zero-order valence-corrected chi connectivity index (χ0v) is 20.4. The number of aromatic nitrogens is 4. The first-order valence-corrected chi connectivity index (χ1v) is 12.4. The van der Waals surface area contributed by atoms with Crippen molar-refractivity contribution < 1.29 is 21.6 Å². The molecule has 0 atom stereocenters. The third-order valence-electron chi connectivity index (χ3n) is 5.74. The molecular weight excluding hydrogens is 511 g/mol. The molecule has 0 aliphatic carbocycles. The van der Waals surface area contributed by atoms with Gasteiger partial charge in [0.25, 0.3) is 5.56 Å². The monoisotopic (exact) mass is 529 g/mol. The normalized spacial score (nSPS) is 11.9. The molecule has 0 spiro atoms. The van der Waals surface area contributed by atoms with Crippen LogP contribution in [-0.2, 0) is 23.1 Å². The van der Waals surface area contributed by atoms with Crippen LogP contribution in [0.2, 0.25) is 0 Å². The summed E-state index contributed by atoms with van der Waals surface area (Å²) in [6.07, 6.45) is -2.73. The number of alkyl halides is 3. The number of hydrogen-bond acceptors (Lipinski definition) is 6. The van der Waals surface area contributed by atoms with Gasteiger partial charge in [-0.05, 0) is 49.4 Å². The van der Waals surface area contributed by atoms with Crippen molar-refractivity contribution >= 4 is 9.84 Å². The Hall–Kier alpha value is -4.44. The molecule has 4 aromatic rings. The van der Waals surface area contributed by atoms with Crippen molar-refractivity contribution in [2.75, 3.05) is 6.26 Å². The number of rotatable bonds is 4. The van der Waals surface area contributed by atoms with E-state index in [1.54, 1.807) is 0 Å². The molecule has 2 aromatic heterocycles. The first kappa shape index (κ1) is 25.6. The lowest BCUT2D eigenvalue weighted by Gasteiger charge is -2.18. The quantitative estimate of drug-likeness (QED) is 0.401. The third kappa shape index (κ3) is 4.47. The summed E-state index contributed by atoms with van der Waals surface area (Å²) in [4.78, 5) is 26.1. The van der Waals surface area contributed by atoms with Crippen LogP contribution in [0.15, 0.2) is 69.2 Å². The van der Waals surface area contributed by atoms with E-state index in [1.165, 1.54) is 41.9 Å². The van der Waals surface area contributed by atoms with Gasteiger partial charge in [-0.15, -0.1) is 0 Å². The summed E-state index contributed by atoms with van der Waals surface area (Å²) in [5.41, 5.74) is -2.85. The van der Waals surface area contributed by atoms with Crippen molar-refractivity contribution in [2.24, 2.45) is 7.05 Å². The number of benzene rings is 2. The summed E-state index contributed by atoms with van der Waals surface area (Å²) >= 11 is 0. The number of sulfone groups is 1. The minimum atomic E-state index is -4.69. The molecule has 0 saturated heterocycles. The molecule has 0 fully saturated rings. The van der Waals surface area contributed by atoms with Gasteiger partial charge in [-0.25, -0.2) is 17.9 Å². The maximum absolute atomic E-state index is 13.4. The second-order valence-electron chi connectivity index (χ2n) is 8.19. The van der Waals surface area contributed by atoms with Gasteiger partial charge in [0.2, 0.25) is 0 Å². The van der Waals surface area contributed by atoms with Crippen LogP contribution < -0.4 is 11.2 Å². The lowest BCUT2D eigenvalue weighted by Crippen LogP contribution is -2.40. The predicted octanol–water partition coefficient (Wildman–Crippen LogP) is 2.99. The summed E-state index contributed by atoms with van der Waals surface area (Å²) in [7, 11) is -2.82. The molecule has 0 aliphatic rings. The van der Waals surface area contributed by atoms with Crippen LogP contribution in [0.4, 0.5) is 13.2 Å². The lowest BCUT2D eigenvalue weighted by molar-refractivity contribution is -0.137. The van der Waals surface area contributed by atoms with Crippen LogP contribution in [0.25, 0.3) is 22.6 Å². The van der Waals surface area contributed by atoms with Crippen molar-refractivity contribution in [3.8, 4) is 28.7 Å². The smallest absolute Gasteiger partial charge is 0.268 e. The first-order valence-electron chi connectivity index (χ1n) is 10.5. The second-order valence-corrected chi connectivity index (χ2v) is 10.2. The molecule has 2 heterocycles. The van der Waals surface area contributed by atoms with Crippen LogP contribution in [0.1, 0.15) is 16.8 Å². The molecule has 0 unspecified atom stereocenters. The molecule has 0 N–H and O–H groups in total. The van der Waals surface area contributed by atoms with E-state index in [4.69, 9.17) is 5.26 Å². The molecule has 2 aromatic carbocycles. The van der Waals surface area contributed by atoms with Crippen molar-refractivity contribution in [3.05, 3.63) is 92.4 Å². The standard InChI is InChI=1S/C24H18F3N5O4S/c1-14-20(21-19(37(3,35)36)13-29-32(21)17-9-7-15(12-28)8-10-17)22(33)30(2)23(34)31(14)18-6-4-5-16(11-18)24(25,26)27/h4-11,13H,1-3H3. The van der Waals surface area contributed by atoms with Gasteiger partial charge in [-0.1, -0.05) is 6.07 Å². The molecule has 0 radical (unpaired) electrons. The van der Waals surface area contributed by atoms with Crippen molar-refractivity contribution in [1.29, 1.82) is 5.26 Å². The van der Waals surface area contributed by atoms with Crippen LogP contribution in [-0.4, -0.2) is 33.6 Å². The summed E-state index contributed by atoms with van der Waals surface area (Å²) < 4.78 is 68.2. The van der Waals surface area contributed by atoms with Crippen molar-refractivity contribution in [1.82, 2.24) is 18.9 Å². The molecule has 0 bridgehead atoms. The Morgan fingerprint density at radius 3 is 2.24 bits per heavy atom. The van der Waals surface area contributed by atoms with Gasteiger partial charge in [-0.3, -0.25) is 13.9 Å². The van der Waals surface area contributed by atoms with Gasteiger partial charge in [0.05, 0.1) is 40.3 Å². The molecular formula is C24H18F3N5O4S. The van der Waals surface area contributed by atoms with Gasteiger partial charge in [0.1, 0.15) is 10.6 Å². The van der Waals surface area contributed by atoms with E-state index < -0.39 is 32.8 Å². The summed E-state index contributed by atoms with van der Waals surface area (Å²) in [5, 5.41) is 13.2. The highest BCUT2D eigenvalue weighted by atomic mass is 32.2. The summed E-state index contributed by atoms with van der Waals surface area (Å²) in [6, 6.07) is 11.9. The average Bonchev–Trinajstić information content (AvgIpc) is 3.28. The molecule has 37 heavy (non-hydrogen) atoms. The zero-order valence-electron chi connectivity index (χ0n) is 19.6. The molecule has 0 saturated carbocycles. The highest BCUT2D eigenvalue weighted by molar-refractivity contribution is 7.90. The van der Waals surface area contributed by atoms with E-state index >= 15 is 0 Å². The fourth-order valence-electron chi connectivity index (χ4n) is 3.92. The third-order valence-corrected chi connectivity index (χ3v) is 6.84. The topological polar surface area (TPSA) is 120 Å². The maximum Gasteiger partial charge on any atom is 0.416 e. The average molecular weight is 530 g/mol. The van der Waals surface area contributed by atoms with E-state index in [0.717, 1.165) is 42.3 Å². The lowest BCUT2D eigenvalue weighted by atomic mass is 10.1. The van der Waals surface area contributed by atoms with Gasteiger partial charge in [-0.2, -0.15) is 23.5 Å². The fraction of sp³-hybridized carbons (Fsp3) is 0.167. The Morgan fingerprint density at radius 2 is 1.68 bits per heavy atom. The van der Waals surface area contributed by atoms with Crippen molar-refractivity contribution in [3.63, 3.8) is 0 Å². The van der Waals surface area contributed by atoms with E-state index in [9.17, 15) is 31.2 Å². The fourth-order valence-corrected chi connectivity index (χ4v) is 4.70. The van der Waals surface area contributed by atoms with Gasteiger partial charge >= 0.3 is 11.9 Å². The number of nitriles is 1. The Bertz CT molecular complexity index is 1810. The highest BCUT2D eigenvalue weighted by Gasteiger charge is 2.32. The summed E-state index contributed by atoms with van der Waals surface area (Å²) in [5.74, 6) is 0. The minimum Gasteiger partial charge on any atom is -0.268 e. The van der Waals surface area contributed by atoms with Crippen LogP contribution in [0, 0.1) is 18.3 Å². The molecule has 190 valence electrons. The number of nitrogens with zero attached hydrogens (tertiary/aromatic N) is 5. The van der Waals surface area contributed by atoms with Crippen LogP contribution in [0.3, 0.4) is 0 Å². The Labute approximate surface area is 208 Å². The van der Waals surface area contributed by atoms with Gasteiger partial charge in [0, 0.05) is 19.0 Å².